The minimum atomic E-state index is -1.53. The molecule has 0 unspecified atom stereocenters. The molecule has 0 saturated carbocycles. The molecule has 1 amide bonds. The van der Waals surface area contributed by atoms with E-state index in [9.17, 15) is 14.4 Å². The molecule has 0 aromatic heterocycles. The Hall–Kier alpha value is -2.67. The maximum atomic E-state index is 13.9. The number of alkyl halides is 1. The normalized spacial score (nSPS) is 12.8. The van der Waals surface area contributed by atoms with Crippen molar-refractivity contribution in [2.24, 2.45) is 0 Å². The molecule has 1 N–H and O–H groups in total. The van der Waals surface area contributed by atoms with Crippen molar-refractivity contribution >= 4 is 5.91 Å². The van der Waals surface area contributed by atoms with E-state index in [4.69, 9.17) is 0 Å². The van der Waals surface area contributed by atoms with Crippen LogP contribution in [0, 0.1) is 11.3 Å². The Labute approximate surface area is 142 Å². The first-order valence-electron chi connectivity index (χ1n) is 8.11. The second-order valence-electron chi connectivity index (χ2n) is 5.66. The SMILES string of the molecule is N#C[C@@H](CCNC(=O)[C@@H](F)CCc1ccccc1)c1ccccc1. The van der Waals surface area contributed by atoms with Crippen LogP contribution in [0.1, 0.15) is 29.9 Å². The summed E-state index contributed by atoms with van der Waals surface area (Å²) < 4.78 is 13.9. The maximum Gasteiger partial charge on any atom is 0.254 e. The van der Waals surface area contributed by atoms with Gasteiger partial charge in [0.1, 0.15) is 0 Å². The van der Waals surface area contributed by atoms with E-state index >= 15 is 0 Å². The van der Waals surface area contributed by atoms with E-state index in [1.165, 1.54) is 0 Å². The fourth-order valence-electron chi connectivity index (χ4n) is 2.51. The third-order valence-electron chi connectivity index (χ3n) is 3.90. The van der Waals surface area contributed by atoms with Crippen LogP contribution in [0.15, 0.2) is 60.7 Å². The Morgan fingerprint density at radius 3 is 2.29 bits per heavy atom. The topological polar surface area (TPSA) is 52.9 Å². The number of carbonyl (C=O) groups excluding carboxylic acids is 1. The van der Waals surface area contributed by atoms with Gasteiger partial charge in [-0.1, -0.05) is 60.7 Å². The van der Waals surface area contributed by atoms with E-state index in [-0.39, 0.29) is 18.9 Å². The summed E-state index contributed by atoms with van der Waals surface area (Å²) in [4.78, 5) is 11.8. The Balaban J connectivity index is 1.73. The number of nitriles is 1. The van der Waals surface area contributed by atoms with Gasteiger partial charge in [-0.3, -0.25) is 4.79 Å². The van der Waals surface area contributed by atoms with Crippen LogP contribution in [0.25, 0.3) is 0 Å². The number of amides is 1. The minimum Gasteiger partial charge on any atom is -0.354 e. The summed E-state index contributed by atoms with van der Waals surface area (Å²) in [5, 5.41) is 11.8. The van der Waals surface area contributed by atoms with Gasteiger partial charge in [-0.2, -0.15) is 5.26 Å². The molecule has 2 aromatic carbocycles. The van der Waals surface area contributed by atoms with Crippen molar-refractivity contribution in [1.82, 2.24) is 5.32 Å². The molecule has 0 aliphatic heterocycles. The molecule has 2 rings (SSSR count). The molecule has 124 valence electrons. The zero-order valence-corrected chi connectivity index (χ0v) is 13.5. The van der Waals surface area contributed by atoms with Gasteiger partial charge >= 0.3 is 0 Å². The predicted octanol–water partition coefficient (Wildman–Crippen LogP) is 3.77. The zero-order chi connectivity index (χ0) is 17.2. The van der Waals surface area contributed by atoms with Gasteiger partial charge in [0.2, 0.25) is 0 Å². The summed E-state index contributed by atoms with van der Waals surface area (Å²) in [6.07, 6.45) is -0.365. The third kappa shape index (κ3) is 5.51. The number of aryl methyl sites for hydroxylation is 1. The molecule has 0 fully saturated rings. The van der Waals surface area contributed by atoms with Gasteiger partial charge in [0.05, 0.1) is 12.0 Å². The van der Waals surface area contributed by atoms with Crippen LogP contribution in [0.4, 0.5) is 4.39 Å². The van der Waals surface area contributed by atoms with Crippen molar-refractivity contribution in [3.63, 3.8) is 0 Å². The molecule has 3 nitrogen and oxygen atoms in total. The summed E-state index contributed by atoms with van der Waals surface area (Å²) >= 11 is 0. The van der Waals surface area contributed by atoms with Crippen LogP contribution in [0.5, 0.6) is 0 Å². The molecule has 0 bridgehead atoms. The van der Waals surface area contributed by atoms with Gasteiger partial charge < -0.3 is 5.32 Å². The minimum absolute atomic E-state index is 0.163. The molecule has 2 atom stereocenters. The van der Waals surface area contributed by atoms with Crippen molar-refractivity contribution in [3.05, 3.63) is 71.8 Å². The first kappa shape index (κ1) is 17.7. The zero-order valence-electron chi connectivity index (χ0n) is 13.5. The van der Waals surface area contributed by atoms with Crippen LogP contribution >= 0.6 is 0 Å². The number of rotatable bonds is 8. The summed E-state index contributed by atoms with van der Waals surface area (Å²) in [5.41, 5.74) is 1.93. The summed E-state index contributed by atoms with van der Waals surface area (Å²) in [7, 11) is 0. The van der Waals surface area contributed by atoms with Gasteiger partial charge in [-0.05, 0) is 30.4 Å². The van der Waals surface area contributed by atoms with Crippen molar-refractivity contribution in [2.75, 3.05) is 6.54 Å². The van der Waals surface area contributed by atoms with E-state index in [1.54, 1.807) is 0 Å². The Morgan fingerprint density at radius 2 is 1.67 bits per heavy atom. The predicted molar refractivity (Wildman–Crippen MR) is 92.1 cm³/mol. The van der Waals surface area contributed by atoms with Crippen LogP contribution in [-0.4, -0.2) is 18.6 Å². The van der Waals surface area contributed by atoms with E-state index in [0.29, 0.717) is 12.8 Å². The van der Waals surface area contributed by atoms with Crippen LogP contribution < -0.4 is 5.32 Å². The first-order chi connectivity index (χ1) is 11.7. The Kier molecular flexibility index (Phi) is 6.97. The highest BCUT2D eigenvalue weighted by Crippen LogP contribution is 2.17. The lowest BCUT2D eigenvalue weighted by molar-refractivity contribution is -0.126. The van der Waals surface area contributed by atoms with Crippen LogP contribution in [0.3, 0.4) is 0 Å². The summed E-state index contributed by atoms with van der Waals surface area (Å²) in [6, 6.07) is 21.2. The molecule has 0 heterocycles. The molecule has 0 aliphatic carbocycles. The average Bonchev–Trinajstić information content (AvgIpc) is 2.64. The molecule has 0 saturated heterocycles. The lowest BCUT2D eigenvalue weighted by Gasteiger charge is -2.12. The lowest BCUT2D eigenvalue weighted by Crippen LogP contribution is -2.33. The van der Waals surface area contributed by atoms with E-state index < -0.39 is 12.1 Å². The fraction of sp³-hybridized carbons (Fsp3) is 0.300. The van der Waals surface area contributed by atoms with Crippen molar-refractivity contribution in [2.45, 2.75) is 31.4 Å². The lowest BCUT2D eigenvalue weighted by atomic mass is 9.97. The van der Waals surface area contributed by atoms with Gasteiger partial charge in [0, 0.05) is 6.54 Å². The van der Waals surface area contributed by atoms with E-state index in [0.717, 1.165) is 11.1 Å². The monoisotopic (exact) mass is 324 g/mol. The van der Waals surface area contributed by atoms with Gasteiger partial charge in [-0.15, -0.1) is 0 Å². The number of hydrogen-bond acceptors (Lipinski definition) is 2. The van der Waals surface area contributed by atoms with Crippen molar-refractivity contribution in [1.29, 1.82) is 5.26 Å². The Bertz CT molecular complexity index is 667. The number of nitrogens with one attached hydrogen (secondary N) is 1. The van der Waals surface area contributed by atoms with Crippen LogP contribution in [-0.2, 0) is 11.2 Å². The first-order valence-corrected chi connectivity index (χ1v) is 8.11. The standard InChI is InChI=1S/C20H21FN2O/c21-19(12-11-16-7-3-1-4-8-16)20(24)23-14-13-18(15-22)17-9-5-2-6-10-17/h1-10,18-19H,11-14H2,(H,23,24)/t18-,19+/m1/s1. The number of nitrogens with zero attached hydrogens (tertiary/aromatic N) is 1. The molecule has 0 radical (unpaired) electrons. The average molecular weight is 324 g/mol. The maximum absolute atomic E-state index is 13.9. The van der Waals surface area contributed by atoms with Crippen molar-refractivity contribution < 1.29 is 9.18 Å². The number of benzene rings is 2. The highest BCUT2D eigenvalue weighted by Gasteiger charge is 2.17. The molecule has 4 heteroatoms. The number of halogens is 1. The fourth-order valence-corrected chi connectivity index (χ4v) is 2.51. The van der Waals surface area contributed by atoms with Gasteiger partial charge in [0.15, 0.2) is 6.17 Å². The van der Waals surface area contributed by atoms with Crippen molar-refractivity contribution in [3.8, 4) is 6.07 Å². The molecule has 2 aromatic rings. The quantitative estimate of drug-likeness (QED) is 0.803. The smallest absolute Gasteiger partial charge is 0.254 e. The number of carbonyl (C=O) groups is 1. The number of hydrogen-bond donors (Lipinski definition) is 1. The largest absolute Gasteiger partial charge is 0.354 e. The second kappa shape index (κ2) is 9.46. The molecule has 24 heavy (non-hydrogen) atoms. The van der Waals surface area contributed by atoms with E-state index in [1.807, 2.05) is 60.7 Å². The Morgan fingerprint density at radius 1 is 1.04 bits per heavy atom. The molecule has 0 spiro atoms. The highest BCUT2D eigenvalue weighted by molar-refractivity contribution is 5.80. The summed E-state index contributed by atoms with van der Waals surface area (Å²) in [6.45, 7) is 0.289. The third-order valence-corrected chi connectivity index (χ3v) is 3.90. The van der Waals surface area contributed by atoms with Gasteiger partial charge in [-0.25, -0.2) is 4.39 Å². The molecule has 0 aliphatic rings. The second-order valence-corrected chi connectivity index (χ2v) is 5.66. The van der Waals surface area contributed by atoms with Gasteiger partial charge in [0.25, 0.3) is 5.91 Å². The van der Waals surface area contributed by atoms with E-state index in [2.05, 4.69) is 11.4 Å². The van der Waals surface area contributed by atoms with Crippen LogP contribution in [0.2, 0.25) is 0 Å². The molecular formula is C20H21FN2O. The highest BCUT2D eigenvalue weighted by atomic mass is 19.1. The molecular weight excluding hydrogens is 303 g/mol. The summed E-state index contributed by atoms with van der Waals surface area (Å²) in [5.74, 6) is -0.899.